The Morgan fingerprint density at radius 1 is 1.08 bits per heavy atom. The third-order valence-electron chi connectivity index (χ3n) is 3.99. The highest BCUT2D eigenvalue weighted by Crippen LogP contribution is 2.34. The van der Waals surface area contributed by atoms with Crippen molar-refractivity contribution in [3.8, 4) is 10.6 Å². The summed E-state index contributed by atoms with van der Waals surface area (Å²) < 4.78 is 6.44. The van der Waals surface area contributed by atoms with E-state index in [0.29, 0.717) is 26.3 Å². The van der Waals surface area contributed by atoms with E-state index in [1.807, 2.05) is 42.5 Å². The molecule has 4 rings (SSSR count). The maximum absolute atomic E-state index is 12.5. The molecule has 0 aliphatic carbocycles. The summed E-state index contributed by atoms with van der Waals surface area (Å²) in [5.74, 6) is 0. The van der Waals surface area contributed by atoms with Crippen LogP contribution in [-0.4, -0.2) is 42.2 Å². The van der Waals surface area contributed by atoms with E-state index in [1.165, 1.54) is 0 Å². The van der Waals surface area contributed by atoms with E-state index in [0.717, 1.165) is 26.5 Å². The van der Waals surface area contributed by atoms with Crippen molar-refractivity contribution in [3.63, 3.8) is 0 Å². The molecule has 2 aromatic carbocycles. The van der Waals surface area contributed by atoms with Gasteiger partial charge in [0.15, 0.2) is 0 Å². The fourth-order valence-corrected chi connectivity index (χ4v) is 3.73. The van der Waals surface area contributed by atoms with Crippen molar-refractivity contribution in [2.24, 2.45) is 0 Å². The van der Waals surface area contributed by atoms with Gasteiger partial charge in [0.2, 0.25) is 0 Å². The molecule has 0 unspecified atom stereocenters. The molecule has 0 radical (unpaired) electrons. The minimum atomic E-state index is -0.0909. The van der Waals surface area contributed by atoms with Crippen LogP contribution in [0.15, 0.2) is 48.5 Å². The molecule has 1 aliphatic heterocycles. The summed E-state index contributed by atoms with van der Waals surface area (Å²) in [6, 6.07) is 15.8. The van der Waals surface area contributed by atoms with Crippen molar-refractivity contribution in [1.82, 2.24) is 9.88 Å². The summed E-state index contributed by atoms with van der Waals surface area (Å²) in [5, 5.41) is 3.93. The molecule has 1 aliphatic rings. The Morgan fingerprint density at radius 3 is 2.67 bits per heavy atom. The largest absolute Gasteiger partial charge is 0.378 e. The Balaban J connectivity index is 1.63. The average molecular weight is 339 g/mol. The van der Waals surface area contributed by atoms with Crippen molar-refractivity contribution >= 4 is 33.3 Å². The lowest BCUT2D eigenvalue weighted by atomic mass is 10.2. The fourth-order valence-electron chi connectivity index (χ4n) is 2.73. The van der Waals surface area contributed by atoms with Crippen LogP contribution in [0.4, 0.5) is 10.5 Å². The Labute approximate surface area is 143 Å². The molecule has 2 amide bonds. The number of carbonyl (C=O) groups is 1. The number of hydrogen-bond acceptors (Lipinski definition) is 4. The molecule has 3 aromatic rings. The highest BCUT2D eigenvalue weighted by Gasteiger charge is 2.18. The number of rotatable bonds is 2. The van der Waals surface area contributed by atoms with E-state index in [4.69, 9.17) is 9.72 Å². The van der Waals surface area contributed by atoms with Crippen molar-refractivity contribution in [1.29, 1.82) is 0 Å². The Hall–Kier alpha value is -2.44. The van der Waals surface area contributed by atoms with Crippen LogP contribution in [0.25, 0.3) is 20.8 Å². The number of carbonyl (C=O) groups excluding carboxylic acids is 1. The highest BCUT2D eigenvalue weighted by molar-refractivity contribution is 7.21. The first-order valence-corrected chi connectivity index (χ1v) is 8.71. The number of amides is 2. The molecule has 0 saturated carbocycles. The number of hydrogen-bond donors (Lipinski definition) is 1. The minimum Gasteiger partial charge on any atom is -0.378 e. The maximum Gasteiger partial charge on any atom is 0.322 e. The quantitative estimate of drug-likeness (QED) is 0.772. The van der Waals surface area contributed by atoms with Gasteiger partial charge in [-0.1, -0.05) is 24.3 Å². The first kappa shape index (κ1) is 15.1. The molecule has 1 saturated heterocycles. The van der Waals surface area contributed by atoms with Gasteiger partial charge >= 0.3 is 6.03 Å². The maximum atomic E-state index is 12.5. The second-order valence-corrected chi connectivity index (χ2v) is 6.59. The van der Waals surface area contributed by atoms with Gasteiger partial charge in [-0.15, -0.1) is 11.3 Å². The summed E-state index contributed by atoms with van der Waals surface area (Å²) in [7, 11) is 0. The lowest BCUT2D eigenvalue weighted by molar-refractivity contribution is 0.0564. The molecule has 1 fully saturated rings. The summed E-state index contributed by atoms with van der Waals surface area (Å²) in [5.41, 5.74) is 2.71. The number of nitrogens with zero attached hydrogens (tertiary/aromatic N) is 2. The van der Waals surface area contributed by atoms with Gasteiger partial charge in [0.25, 0.3) is 0 Å². The van der Waals surface area contributed by atoms with Crippen LogP contribution in [-0.2, 0) is 4.74 Å². The number of fused-ring (bicyclic) bond motifs is 1. The van der Waals surface area contributed by atoms with Crippen LogP contribution < -0.4 is 5.32 Å². The van der Waals surface area contributed by atoms with E-state index < -0.39 is 0 Å². The number of morpholine rings is 1. The number of aromatic nitrogens is 1. The minimum absolute atomic E-state index is 0.0909. The highest BCUT2D eigenvalue weighted by atomic mass is 32.1. The molecule has 24 heavy (non-hydrogen) atoms. The molecule has 0 spiro atoms. The monoisotopic (exact) mass is 339 g/mol. The van der Waals surface area contributed by atoms with Crippen molar-refractivity contribution in [2.45, 2.75) is 0 Å². The van der Waals surface area contributed by atoms with Crippen molar-refractivity contribution < 1.29 is 9.53 Å². The van der Waals surface area contributed by atoms with Crippen molar-refractivity contribution in [3.05, 3.63) is 48.5 Å². The third-order valence-corrected chi connectivity index (χ3v) is 5.06. The topological polar surface area (TPSA) is 54.5 Å². The first-order valence-electron chi connectivity index (χ1n) is 7.90. The number of ether oxygens (including phenoxy) is 1. The lowest BCUT2D eigenvalue weighted by Crippen LogP contribution is -2.43. The summed E-state index contributed by atoms with van der Waals surface area (Å²) >= 11 is 1.63. The summed E-state index contributed by atoms with van der Waals surface area (Å²) in [4.78, 5) is 18.9. The van der Waals surface area contributed by atoms with Crippen LogP contribution in [0.3, 0.4) is 0 Å². The number of anilines is 1. The predicted octanol–water partition coefficient (Wildman–Crippen LogP) is 3.83. The molecule has 0 atom stereocenters. The zero-order valence-electron chi connectivity index (χ0n) is 13.1. The van der Waals surface area contributed by atoms with Crippen LogP contribution in [0.2, 0.25) is 0 Å². The van der Waals surface area contributed by atoms with Gasteiger partial charge in [-0.3, -0.25) is 0 Å². The number of urea groups is 1. The molecule has 122 valence electrons. The Bertz CT molecular complexity index is 838. The van der Waals surface area contributed by atoms with E-state index in [-0.39, 0.29) is 6.03 Å². The normalized spacial score (nSPS) is 14.8. The second kappa shape index (κ2) is 6.59. The van der Waals surface area contributed by atoms with Gasteiger partial charge in [0, 0.05) is 18.7 Å². The van der Waals surface area contributed by atoms with E-state index in [9.17, 15) is 4.79 Å². The van der Waals surface area contributed by atoms with Gasteiger partial charge in [-0.25, -0.2) is 9.78 Å². The van der Waals surface area contributed by atoms with Gasteiger partial charge in [-0.2, -0.15) is 0 Å². The van der Waals surface area contributed by atoms with Gasteiger partial charge in [0.05, 0.1) is 29.1 Å². The smallest absolute Gasteiger partial charge is 0.322 e. The third kappa shape index (κ3) is 2.98. The second-order valence-electron chi connectivity index (χ2n) is 5.56. The molecule has 6 heteroatoms. The number of nitrogens with one attached hydrogen (secondary N) is 1. The molecule has 1 N–H and O–H groups in total. The standard InChI is InChI=1S/C18H17N3O2S/c22-18(21-9-11-23-12-10-21)20-14-6-2-1-5-13(14)17-19-15-7-3-4-8-16(15)24-17/h1-8H,9-12H2,(H,20,22). The Morgan fingerprint density at radius 2 is 1.83 bits per heavy atom. The van der Waals surface area contributed by atoms with Crippen LogP contribution in [0.5, 0.6) is 0 Å². The molecular formula is C18H17N3O2S. The number of benzene rings is 2. The number of thiazole rings is 1. The van der Waals surface area contributed by atoms with Crippen LogP contribution in [0.1, 0.15) is 0 Å². The van der Waals surface area contributed by atoms with E-state index in [2.05, 4.69) is 11.4 Å². The van der Waals surface area contributed by atoms with E-state index >= 15 is 0 Å². The molecule has 0 bridgehead atoms. The lowest BCUT2D eigenvalue weighted by Gasteiger charge is -2.27. The first-order chi connectivity index (χ1) is 11.8. The summed E-state index contributed by atoms with van der Waals surface area (Å²) in [6.45, 7) is 2.42. The molecular weight excluding hydrogens is 322 g/mol. The number of para-hydroxylation sites is 2. The molecule has 5 nitrogen and oxygen atoms in total. The summed E-state index contributed by atoms with van der Waals surface area (Å²) in [6.07, 6.45) is 0. The average Bonchev–Trinajstić information content (AvgIpc) is 3.07. The Kier molecular flexibility index (Phi) is 4.15. The SMILES string of the molecule is O=C(Nc1ccccc1-c1nc2ccccc2s1)N1CCOCC1. The van der Waals surface area contributed by atoms with Gasteiger partial charge in [-0.05, 0) is 24.3 Å². The van der Waals surface area contributed by atoms with Gasteiger partial charge in [0.1, 0.15) is 5.01 Å². The zero-order chi connectivity index (χ0) is 16.4. The molecule has 1 aromatic heterocycles. The van der Waals surface area contributed by atoms with Crippen LogP contribution >= 0.6 is 11.3 Å². The van der Waals surface area contributed by atoms with Crippen LogP contribution in [0, 0.1) is 0 Å². The fraction of sp³-hybridized carbons (Fsp3) is 0.222. The predicted molar refractivity (Wildman–Crippen MR) is 96.5 cm³/mol. The zero-order valence-corrected chi connectivity index (χ0v) is 13.9. The van der Waals surface area contributed by atoms with Gasteiger partial charge < -0.3 is 15.0 Å². The van der Waals surface area contributed by atoms with E-state index in [1.54, 1.807) is 16.2 Å². The van der Waals surface area contributed by atoms with Crippen molar-refractivity contribution in [2.75, 3.05) is 31.6 Å². The molecule has 2 heterocycles.